The number of allylic oxidation sites excluding steroid dienone is 1. The number of piperidine rings is 1. The van der Waals surface area contributed by atoms with E-state index in [9.17, 15) is 34.3 Å². The Morgan fingerprint density at radius 2 is 1.47 bits per heavy atom. The molecule has 3 amide bonds. The van der Waals surface area contributed by atoms with E-state index in [0.717, 1.165) is 17.4 Å². The highest BCUT2D eigenvalue weighted by molar-refractivity contribution is 6.45. The second-order valence-corrected chi connectivity index (χ2v) is 19.2. The van der Waals surface area contributed by atoms with Crippen molar-refractivity contribution in [3.05, 3.63) is 83.5 Å². The van der Waals surface area contributed by atoms with Gasteiger partial charge in [0, 0.05) is 51.3 Å². The molecule has 0 bridgehead atoms. The Morgan fingerprint density at radius 1 is 0.831 bits per heavy atom. The molecule has 0 radical (unpaired) electrons. The molecular weight excluding hydrogens is 1080 g/mol. The third kappa shape index (κ3) is 19.6. The Hall–Kier alpha value is -7.39. The Morgan fingerprint density at radius 3 is 2.11 bits per heavy atom. The molecule has 1 saturated heterocycles. The first-order valence-corrected chi connectivity index (χ1v) is 27.9. The molecule has 0 atom stereocenters. The molecule has 83 heavy (non-hydrogen) atoms. The number of carbonyl (C=O) groups is 5. The number of pyridine rings is 1. The summed E-state index contributed by atoms with van der Waals surface area (Å²) < 4.78 is 52.9. The number of Topliss-reactive ketones (excluding diaryl/α,β-unsaturated/α-hetero) is 1. The number of benzene rings is 1. The fourth-order valence-electron chi connectivity index (χ4n) is 9.03. The molecule has 2 aliphatic rings. The van der Waals surface area contributed by atoms with Gasteiger partial charge in [0.2, 0.25) is 11.7 Å². The van der Waals surface area contributed by atoms with Crippen LogP contribution >= 0.6 is 0 Å². The minimum atomic E-state index is -0.746. The highest BCUT2D eigenvalue weighted by atomic mass is 16.6. The van der Waals surface area contributed by atoms with E-state index in [4.69, 9.17) is 42.6 Å². The summed E-state index contributed by atoms with van der Waals surface area (Å²) in [6, 6.07) is 11.7. The summed E-state index contributed by atoms with van der Waals surface area (Å²) in [7, 11) is 1.42. The van der Waals surface area contributed by atoms with Gasteiger partial charge in [-0.3, -0.25) is 19.2 Å². The Labute approximate surface area is 480 Å². The number of fused-ring (bicyclic) bond motifs is 1. The van der Waals surface area contributed by atoms with E-state index < -0.39 is 23.7 Å². The van der Waals surface area contributed by atoms with Gasteiger partial charge in [-0.05, 0) is 43.2 Å². The molecule has 4 aromatic heterocycles. The molecule has 2 fully saturated rings. The molecule has 27 nitrogen and oxygen atoms in total. The van der Waals surface area contributed by atoms with Crippen molar-refractivity contribution < 1.29 is 71.7 Å². The van der Waals surface area contributed by atoms with Crippen molar-refractivity contribution in [3.8, 4) is 17.6 Å². The molecule has 1 saturated carbocycles. The lowest BCUT2D eigenvalue weighted by molar-refractivity contribution is -0.143. The highest BCUT2D eigenvalue weighted by Crippen LogP contribution is 2.33. The van der Waals surface area contributed by atoms with Crippen LogP contribution in [0.5, 0.6) is 5.75 Å². The maximum Gasteiger partial charge on any atom is 0.295 e. The van der Waals surface area contributed by atoms with Crippen LogP contribution in [0.15, 0.2) is 60.8 Å². The second kappa shape index (κ2) is 34.9. The van der Waals surface area contributed by atoms with Crippen molar-refractivity contribution in [1.82, 2.24) is 54.8 Å². The third-order valence-electron chi connectivity index (χ3n) is 13.5. The van der Waals surface area contributed by atoms with Crippen LogP contribution in [-0.2, 0) is 65.4 Å². The average Bonchev–Trinajstić information content (AvgIpc) is 3.93. The van der Waals surface area contributed by atoms with Crippen LogP contribution in [0.3, 0.4) is 0 Å². The Bertz CT molecular complexity index is 2890. The number of aliphatic hydroxyl groups is 1. The molecule has 1 aromatic carbocycles. The van der Waals surface area contributed by atoms with Crippen molar-refractivity contribution in [3.63, 3.8) is 0 Å². The van der Waals surface area contributed by atoms with Crippen LogP contribution in [0.1, 0.15) is 70.8 Å². The molecule has 0 unspecified atom stereocenters. The number of ether oxygens (including phenoxy) is 9. The van der Waals surface area contributed by atoms with Gasteiger partial charge in [0.15, 0.2) is 5.82 Å². The number of nitrogens with zero attached hydrogens (tertiary/aromatic N) is 10. The Balaban J connectivity index is 0.742. The fourth-order valence-corrected chi connectivity index (χ4v) is 9.03. The summed E-state index contributed by atoms with van der Waals surface area (Å²) in [5, 5.41) is 35.5. The monoisotopic (exact) mass is 1150 g/mol. The SMILES string of the molecule is COc1cnc(-n2cnc(C(=O)NCCCN(CCOCCOCCOCCOCc3cn(CCOCCOCCOCCOCCC=O)nn3)C(=O)C3CC(O)C3)n2)c2[nH]cc(C(=O)C(=O)N3CCC(=C(C#N)c4ccccc4)CC3)c12. The lowest BCUT2D eigenvalue weighted by Crippen LogP contribution is -2.45. The van der Waals surface area contributed by atoms with Crippen molar-refractivity contribution in [1.29, 1.82) is 5.26 Å². The standard InChI is InChI=1S/C56H74N12O15/c1-75-48-37-60-53(50-49(48)47(36-59-50)51(71)56(74)66-13-9-42(10-14-66)46(35-57)41-7-3-2-4-8-41)68-40-61-52(63-68)54(72)58-11-5-12-65(55(73)43-33-45(70)34-43)15-19-77-22-25-80-29-30-82-31-32-83-39-44-38-67(64-62-44)16-20-78-23-26-81-28-27-79-24-21-76-18-6-17-69/h2-4,7-8,17,36-38,40,43,45,59,70H,5-6,9-16,18-34,39H2,1H3,(H,58,72). The molecule has 448 valence electrons. The molecule has 1 aliphatic heterocycles. The van der Waals surface area contributed by atoms with Gasteiger partial charge < -0.3 is 72.6 Å². The van der Waals surface area contributed by atoms with Crippen molar-refractivity contribution in [2.45, 2.75) is 57.8 Å². The van der Waals surface area contributed by atoms with Crippen LogP contribution in [-0.4, -0.2) is 229 Å². The Kier molecular flexibility index (Phi) is 26.6. The van der Waals surface area contributed by atoms with Crippen LogP contribution in [0.25, 0.3) is 22.3 Å². The minimum absolute atomic E-state index is 0.0766. The number of ketones is 1. The summed E-state index contributed by atoms with van der Waals surface area (Å²) in [6.07, 6.45) is 8.77. The van der Waals surface area contributed by atoms with Crippen LogP contribution in [0, 0.1) is 17.2 Å². The van der Waals surface area contributed by atoms with E-state index in [2.05, 4.69) is 41.7 Å². The highest BCUT2D eigenvalue weighted by Gasteiger charge is 2.36. The zero-order valence-corrected chi connectivity index (χ0v) is 46.9. The molecule has 3 N–H and O–H groups in total. The second-order valence-electron chi connectivity index (χ2n) is 19.2. The van der Waals surface area contributed by atoms with E-state index in [-0.39, 0.29) is 61.0 Å². The number of aliphatic hydroxyl groups excluding tert-OH is 1. The van der Waals surface area contributed by atoms with Gasteiger partial charge >= 0.3 is 0 Å². The van der Waals surface area contributed by atoms with E-state index >= 15 is 0 Å². The lowest BCUT2D eigenvalue weighted by Gasteiger charge is -2.35. The van der Waals surface area contributed by atoms with E-state index in [1.54, 1.807) is 15.8 Å². The quantitative estimate of drug-likeness (QED) is 0.0166. The van der Waals surface area contributed by atoms with Gasteiger partial charge in [-0.2, -0.15) is 9.94 Å². The van der Waals surface area contributed by atoms with E-state index in [1.165, 1.54) is 35.4 Å². The maximum absolute atomic E-state index is 13.8. The number of H-pyrrole nitrogens is 1. The zero-order chi connectivity index (χ0) is 58.4. The number of rotatable bonds is 40. The number of hydrogen-bond donors (Lipinski definition) is 3. The number of amides is 3. The van der Waals surface area contributed by atoms with Crippen LogP contribution < -0.4 is 10.1 Å². The van der Waals surface area contributed by atoms with Crippen molar-refractivity contribution >= 4 is 46.3 Å². The summed E-state index contributed by atoms with van der Waals surface area (Å²) >= 11 is 0. The normalized spacial score (nSPS) is 15.0. The first kappa shape index (κ1) is 63.2. The molecule has 5 aromatic rings. The minimum Gasteiger partial charge on any atom is -0.494 e. The summed E-state index contributed by atoms with van der Waals surface area (Å²) in [6.45, 7) is 8.19. The number of nitrogens with one attached hydrogen (secondary N) is 2. The van der Waals surface area contributed by atoms with Gasteiger partial charge in [-0.1, -0.05) is 35.5 Å². The summed E-state index contributed by atoms with van der Waals surface area (Å²) in [5.41, 5.74) is 3.43. The predicted octanol–water partition coefficient (Wildman–Crippen LogP) is 2.17. The van der Waals surface area contributed by atoms with Crippen LogP contribution in [0.4, 0.5) is 0 Å². The van der Waals surface area contributed by atoms with Gasteiger partial charge in [-0.15, -0.1) is 10.2 Å². The van der Waals surface area contributed by atoms with Crippen molar-refractivity contribution in [2.75, 3.05) is 139 Å². The number of aromatic nitrogens is 8. The number of aromatic amines is 1. The van der Waals surface area contributed by atoms with E-state index in [1.807, 2.05) is 30.3 Å². The first-order chi connectivity index (χ1) is 40.7. The number of likely N-dealkylation sites (tertiary alicyclic amines) is 1. The summed E-state index contributed by atoms with van der Waals surface area (Å²) in [5.74, 6) is -2.05. The number of nitriles is 1. The fraction of sp³-hybridized carbons (Fsp3) is 0.554. The number of carbonyl (C=O) groups excluding carboxylic acids is 5. The number of methoxy groups -OCH3 is 1. The first-order valence-electron chi connectivity index (χ1n) is 27.9. The number of hydrogen-bond acceptors (Lipinski definition) is 21. The lowest BCUT2D eigenvalue weighted by atomic mass is 9.81. The van der Waals surface area contributed by atoms with Gasteiger partial charge in [0.1, 0.15) is 24.1 Å². The van der Waals surface area contributed by atoms with Gasteiger partial charge in [-0.25, -0.2) is 14.6 Å². The van der Waals surface area contributed by atoms with Crippen LogP contribution in [0.2, 0.25) is 0 Å². The van der Waals surface area contributed by atoms with Gasteiger partial charge in [0.05, 0.1) is 166 Å². The molecule has 5 heterocycles. The smallest absolute Gasteiger partial charge is 0.295 e. The average molecular weight is 1160 g/mol. The summed E-state index contributed by atoms with van der Waals surface area (Å²) in [4.78, 5) is 79.2. The molecule has 7 rings (SSSR count). The molecule has 1 aliphatic carbocycles. The maximum atomic E-state index is 13.8. The third-order valence-corrected chi connectivity index (χ3v) is 13.5. The van der Waals surface area contributed by atoms with Gasteiger partial charge in [0.25, 0.3) is 17.6 Å². The number of aldehydes is 1. The largest absolute Gasteiger partial charge is 0.494 e. The van der Waals surface area contributed by atoms with Crippen molar-refractivity contribution in [2.24, 2.45) is 5.92 Å². The molecule has 0 spiro atoms. The molecule has 27 heteroatoms. The van der Waals surface area contributed by atoms with E-state index in [0.29, 0.717) is 179 Å². The topological polar surface area (TPSA) is 321 Å². The zero-order valence-electron chi connectivity index (χ0n) is 46.9. The molecular formula is C56H74N12O15. The predicted molar refractivity (Wildman–Crippen MR) is 295 cm³/mol.